The Balaban J connectivity index is 1.95. The Morgan fingerprint density at radius 1 is 1.59 bits per heavy atom. The van der Waals surface area contributed by atoms with Gasteiger partial charge in [-0.15, -0.1) is 0 Å². The Morgan fingerprint density at radius 3 is 2.94 bits per heavy atom. The molecule has 0 aromatic carbocycles. The summed E-state index contributed by atoms with van der Waals surface area (Å²) >= 11 is 0. The molecule has 1 atom stereocenters. The van der Waals surface area contributed by atoms with Crippen molar-refractivity contribution in [2.75, 3.05) is 19.0 Å². The Bertz CT molecular complexity index is 430. The predicted octanol–water partition coefficient (Wildman–Crippen LogP) is 0.165. The van der Waals surface area contributed by atoms with Gasteiger partial charge in [-0.3, -0.25) is 9.59 Å². The van der Waals surface area contributed by atoms with Gasteiger partial charge in [-0.2, -0.15) is 0 Å². The van der Waals surface area contributed by atoms with Crippen LogP contribution in [0.25, 0.3) is 0 Å². The number of carbonyl (C=O) groups excluding carboxylic acids is 2. The van der Waals surface area contributed by atoms with E-state index in [9.17, 15) is 9.59 Å². The van der Waals surface area contributed by atoms with E-state index >= 15 is 0 Å². The van der Waals surface area contributed by atoms with Crippen LogP contribution in [0.1, 0.15) is 6.42 Å². The summed E-state index contributed by atoms with van der Waals surface area (Å²) in [7, 11) is 1.52. The molecule has 1 aliphatic heterocycles. The minimum Gasteiger partial charge on any atom is -0.481 e. The topological polar surface area (TPSA) is 80.3 Å². The van der Waals surface area contributed by atoms with Gasteiger partial charge in [0, 0.05) is 19.0 Å². The van der Waals surface area contributed by atoms with Gasteiger partial charge in [0.05, 0.1) is 24.9 Å². The molecule has 2 N–H and O–H groups in total. The first-order chi connectivity index (χ1) is 8.19. The summed E-state index contributed by atoms with van der Waals surface area (Å²) in [5.41, 5.74) is 0.593. The van der Waals surface area contributed by atoms with Crippen LogP contribution >= 0.6 is 0 Å². The number of pyridine rings is 1. The van der Waals surface area contributed by atoms with E-state index in [-0.39, 0.29) is 24.2 Å². The number of hydrogen-bond donors (Lipinski definition) is 2. The molecule has 90 valence electrons. The monoisotopic (exact) mass is 235 g/mol. The summed E-state index contributed by atoms with van der Waals surface area (Å²) < 4.78 is 4.91. The van der Waals surface area contributed by atoms with Gasteiger partial charge in [-0.05, 0) is 6.07 Å². The van der Waals surface area contributed by atoms with Crippen LogP contribution in [0.2, 0.25) is 0 Å². The molecule has 6 nitrogen and oxygen atoms in total. The van der Waals surface area contributed by atoms with Gasteiger partial charge in [-0.1, -0.05) is 0 Å². The standard InChI is InChI=1S/C11H13N3O3/c1-17-10-3-2-8(6-13-10)14-11(16)7-4-9(15)12-5-7/h2-3,6-7H,4-5H2,1H3,(H,12,15)(H,14,16). The first-order valence-corrected chi connectivity index (χ1v) is 5.26. The Hall–Kier alpha value is -2.11. The minimum atomic E-state index is -0.301. The van der Waals surface area contributed by atoms with Crippen molar-refractivity contribution in [2.24, 2.45) is 5.92 Å². The van der Waals surface area contributed by atoms with Gasteiger partial charge in [0.2, 0.25) is 17.7 Å². The van der Waals surface area contributed by atoms with Crippen molar-refractivity contribution >= 4 is 17.5 Å². The molecule has 1 aliphatic rings. The van der Waals surface area contributed by atoms with Crippen molar-refractivity contribution in [3.63, 3.8) is 0 Å². The quantitative estimate of drug-likeness (QED) is 0.782. The highest BCUT2D eigenvalue weighted by Crippen LogP contribution is 2.15. The molecule has 0 radical (unpaired) electrons. The molecule has 17 heavy (non-hydrogen) atoms. The van der Waals surface area contributed by atoms with Crippen LogP contribution in [0.3, 0.4) is 0 Å². The fraction of sp³-hybridized carbons (Fsp3) is 0.364. The molecular weight excluding hydrogens is 222 g/mol. The highest BCUT2D eigenvalue weighted by atomic mass is 16.5. The van der Waals surface area contributed by atoms with Crippen LogP contribution in [0.5, 0.6) is 5.88 Å². The molecule has 1 aromatic rings. The molecule has 0 saturated carbocycles. The summed E-state index contributed by atoms with van der Waals surface area (Å²) in [5.74, 6) is -0.0707. The lowest BCUT2D eigenvalue weighted by Crippen LogP contribution is -2.24. The zero-order valence-electron chi connectivity index (χ0n) is 9.40. The number of methoxy groups -OCH3 is 1. The molecule has 2 amide bonds. The summed E-state index contributed by atoms with van der Waals surface area (Å²) in [5, 5.41) is 5.33. The van der Waals surface area contributed by atoms with Crippen LogP contribution in [-0.2, 0) is 9.59 Å². The summed E-state index contributed by atoms with van der Waals surface area (Å²) in [6, 6.07) is 3.36. The van der Waals surface area contributed by atoms with E-state index in [1.54, 1.807) is 12.1 Å². The number of anilines is 1. The van der Waals surface area contributed by atoms with Crippen LogP contribution in [0.4, 0.5) is 5.69 Å². The molecule has 2 rings (SSSR count). The number of amides is 2. The van der Waals surface area contributed by atoms with E-state index in [0.29, 0.717) is 18.1 Å². The lowest BCUT2D eigenvalue weighted by molar-refractivity contribution is -0.123. The SMILES string of the molecule is COc1ccc(NC(=O)C2CNC(=O)C2)cn1. The number of rotatable bonds is 3. The highest BCUT2D eigenvalue weighted by Gasteiger charge is 2.27. The zero-order valence-corrected chi connectivity index (χ0v) is 9.40. The average molecular weight is 235 g/mol. The molecular formula is C11H13N3O3. The fourth-order valence-corrected chi connectivity index (χ4v) is 1.61. The van der Waals surface area contributed by atoms with E-state index in [1.807, 2.05) is 0 Å². The first-order valence-electron chi connectivity index (χ1n) is 5.26. The second-order valence-corrected chi connectivity index (χ2v) is 3.78. The van der Waals surface area contributed by atoms with E-state index < -0.39 is 0 Å². The Labute approximate surface area is 98.4 Å². The van der Waals surface area contributed by atoms with Crippen molar-refractivity contribution in [3.8, 4) is 5.88 Å². The lowest BCUT2D eigenvalue weighted by Gasteiger charge is -2.08. The molecule has 1 unspecified atom stereocenters. The third-order valence-electron chi connectivity index (χ3n) is 2.56. The molecule has 1 saturated heterocycles. The second-order valence-electron chi connectivity index (χ2n) is 3.78. The van der Waals surface area contributed by atoms with Gasteiger partial charge >= 0.3 is 0 Å². The third kappa shape index (κ3) is 2.72. The van der Waals surface area contributed by atoms with Crippen molar-refractivity contribution in [1.82, 2.24) is 10.3 Å². The van der Waals surface area contributed by atoms with E-state index in [1.165, 1.54) is 13.3 Å². The maximum absolute atomic E-state index is 11.8. The van der Waals surface area contributed by atoms with Crippen molar-refractivity contribution in [2.45, 2.75) is 6.42 Å². The Kier molecular flexibility index (Phi) is 3.22. The van der Waals surface area contributed by atoms with Gasteiger partial charge in [-0.25, -0.2) is 4.98 Å². The largest absolute Gasteiger partial charge is 0.481 e. The van der Waals surface area contributed by atoms with E-state index in [0.717, 1.165) is 0 Å². The second kappa shape index (κ2) is 4.82. The van der Waals surface area contributed by atoms with Crippen molar-refractivity contribution in [1.29, 1.82) is 0 Å². The lowest BCUT2D eigenvalue weighted by atomic mass is 10.1. The number of ether oxygens (including phenoxy) is 1. The molecule has 0 spiro atoms. The fourth-order valence-electron chi connectivity index (χ4n) is 1.61. The number of carbonyl (C=O) groups is 2. The normalized spacial score (nSPS) is 18.6. The van der Waals surface area contributed by atoms with Crippen LogP contribution in [0.15, 0.2) is 18.3 Å². The summed E-state index contributed by atoms with van der Waals surface area (Å²) in [6.07, 6.45) is 1.76. The highest BCUT2D eigenvalue weighted by molar-refractivity contribution is 5.97. The summed E-state index contributed by atoms with van der Waals surface area (Å²) in [6.45, 7) is 0.397. The molecule has 1 fully saturated rings. The molecule has 0 aliphatic carbocycles. The van der Waals surface area contributed by atoms with E-state index in [2.05, 4.69) is 15.6 Å². The number of nitrogens with one attached hydrogen (secondary N) is 2. The smallest absolute Gasteiger partial charge is 0.229 e. The molecule has 0 bridgehead atoms. The maximum atomic E-state index is 11.8. The summed E-state index contributed by atoms with van der Waals surface area (Å²) in [4.78, 5) is 26.7. The maximum Gasteiger partial charge on any atom is 0.229 e. The number of nitrogens with zero attached hydrogens (tertiary/aromatic N) is 1. The zero-order chi connectivity index (χ0) is 12.3. The number of hydrogen-bond acceptors (Lipinski definition) is 4. The van der Waals surface area contributed by atoms with Gasteiger partial charge in [0.1, 0.15) is 0 Å². The number of aromatic nitrogens is 1. The van der Waals surface area contributed by atoms with Gasteiger partial charge in [0.25, 0.3) is 0 Å². The third-order valence-corrected chi connectivity index (χ3v) is 2.56. The van der Waals surface area contributed by atoms with Gasteiger partial charge in [0.15, 0.2) is 0 Å². The van der Waals surface area contributed by atoms with Crippen molar-refractivity contribution < 1.29 is 14.3 Å². The van der Waals surface area contributed by atoms with Crippen LogP contribution < -0.4 is 15.4 Å². The average Bonchev–Trinajstić information content (AvgIpc) is 2.77. The minimum absolute atomic E-state index is 0.0852. The van der Waals surface area contributed by atoms with Gasteiger partial charge < -0.3 is 15.4 Å². The molecule has 2 heterocycles. The van der Waals surface area contributed by atoms with Crippen LogP contribution in [0, 0.1) is 5.92 Å². The van der Waals surface area contributed by atoms with Crippen LogP contribution in [-0.4, -0.2) is 30.5 Å². The molecule has 6 heteroatoms. The Morgan fingerprint density at radius 2 is 2.41 bits per heavy atom. The molecule has 1 aromatic heterocycles. The van der Waals surface area contributed by atoms with E-state index in [4.69, 9.17) is 4.74 Å². The predicted molar refractivity (Wildman–Crippen MR) is 60.5 cm³/mol. The first kappa shape index (κ1) is 11.4. The van der Waals surface area contributed by atoms with Crippen molar-refractivity contribution in [3.05, 3.63) is 18.3 Å².